The molecule has 0 aliphatic heterocycles. The fourth-order valence-electron chi connectivity index (χ4n) is 1.66. The molecule has 5 heteroatoms. The van der Waals surface area contributed by atoms with Crippen molar-refractivity contribution in [1.82, 2.24) is 4.98 Å². The van der Waals surface area contributed by atoms with Crippen LogP contribution >= 0.6 is 27.3 Å². The molecule has 2 N–H and O–H groups in total. The van der Waals surface area contributed by atoms with E-state index in [1.165, 1.54) is 0 Å². The third-order valence-corrected chi connectivity index (χ3v) is 3.63. The molecule has 2 heterocycles. The minimum atomic E-state index is -0.302. The van der Waals surface area contributed by atoms with Crippen molar-refractivity contribution in [2.24, 2.45) is 5.73 Å². The summed E-state index contributed by atoms with van der Waals surface area (Å²) < 4.78 is 0.906. The Kier molecular flexibility index (Phi) is 3.91. The van der Waals surface area contributed by atoms with Gasteiger partial charge >= 0.3 is 0 Å². The van der Waals surface area contributed by atoms with Gasteiger partial charge in [0.05, 0.1) is 5.92 Å². The van der Waals surface area contributed by atoms with E-state index in [0.717, 1.165) is 15.6 Å². The predicted octanol–water partition coefficient (Wildman–Crippen LogP) is 2.72. The Hall–Kier alpha value is -1.20. The van der Waals surface area contributed by atoms with Crippen LogP contribution in [-0.4, -0.2) is 10.9 Å². The van der Waals surface area contributed by atoms with E-state index in [4.69, 9.17) is 5.73 Å². The van der Waals surface area contributed by atoms with Crippen molar-refractivity contribution in [2.75, 3.05) is 0 Å². The van der Waals surface area contributed by atoms with Crippen molar-refractivity contribution in [3.8, 4) is 0 Å². The van der Waals surface area contributed by atoms with E-state index in [1.54, 1.807) is 23.7 Å². The Balaban J connectivity index is 2.22. The molecule has 2 rings (SSSR count). The van der Waals surface area contributed by atoms with Crippen LogP contribution in [0.4, 0.5) is 0 Å². The minimum Gasteiger partial charge on any atom is -0.369 e. The number of aromatic nitrogens is 1. The zero-order valence-electron chi connectivity index (χ0n) is 8.97. The molecule has 3 nitrogen and oxygen atoms in total. The second-order valence-corrected chi connectivity index (χ2v) is 5.42. The Morgan fingerprint density at radius 3 is 2.94 bits per heavy atom. The van der Waals surface area contributed by atoms with E-state index in [1.807, 2.05) is 22.9 Å². The largest absolute Gasteiger partial charge is 0.369 e. The van der Waals surface area contributed by atoms with Crippen LogP contribution in [-0.2, 0) is 11.2 Å². The molecule has 0 aliphatic rings. The van der Waals surface area contributed by atoms with Crippen LogP contribution in [0.15, 0.2) is 39.8 Å². The number of hydrogen-bond donors (Lipinski definition) is 1. The summed E-state index contributed by atoms with van der Waals surface area (Å²) in [7, 11) is 0. The lowest BCUT2D eigenvalue weighted by atomic mass is 9.94. The molecule has 17 heavy (non-hydrogen) atoms. The first-order valence-electron chi connectivity index (χ1n) is 5.07. The van der Waals surface area contributed by atoms with Gasteiger partial charge in [0, 0.05) is 16.9 Å². The smallest absolute Gasteiger partial charge is 0.225 e. The van der Waals surface area contributed by atoms with Crippen molar-refractivity contribution >= 4 is 33.2 Å². The summed E-state index contributed by atoms with van der Waals surface area (Å²) in [5, 5.41) is 3.91. The summed E-state index contributed by atoms with van der Waals surface area (Å²) in [4.78, 5) is 15.6. The highest BCUT2D eigenvalue weighted by molar-refractivity contribution is 9.10. The lowest BCUT2D eigenvalue weighted by molar-refractivity contribution is -0.119. The number of amides is 1. The molecule has 0 spiro atoms. The number of nitrogens with two attached hydrogens (primary N) is 1. The topological polar surface area (TPSA) is 56.0 Å². The average Bonchev–Trinajstić information content (AvgIpc) is 2.78. The second kappa shape index (κ2) is 5.42. The van der Waals surface area contributed by atoms with E-state index < -0.39 is 0 Å². The monoisotopic (exact) mass is 310 g/mol. The van der Waals surface area contributed by atoms with Gasteiger partial charge in [-0.2, -0.15) is 11.3 Å². The quantitative estimate of drug-likeness (QED) is 0.944. The van der Waals surface area contributed by atoms with Crippen LogP contribution < -0.4 is 5.73 Å². The summed E-state index contributed by atoms with van der Waals surface area (Å²) in [6.07, 6.45) is 4.05. The molecule has 0 saturated carbocycles. The first-order valence-corrected chi connectivity index (χ1v) is 6.81. The zero-order valence-corrected chi connectivity index (χ0v) is 11.4. The van der Waals surface area contributed by atoms with Gasteiger partial charge in [-0.05, 0) is 56.4 Å². The third kappa shape index (κ3) is 3.14. The number of nitrogens with zero attached hydrogens (tertiary/aromatic N) is 1. The minimum absolute atomic E-state index is 0.280. The lowest BCUT2D eigenvalue weighted by Gasteiger charge is -2.11. The number of thiophene rings is 1. The highest BCUT2D eigenvalue weighted by atomic mass is 79.9. The van der Waals surface area contributed by atoms with Crippen molar-refractivity contribution in [3.63, 3.8) is 0 Å². The van der Waals surface area contributed by atoms with E-state index >= 15 is 0 Å². The molecule has 1 amide bonds. The Morgan fingerprint density at radius 1 is 1.53 bits per heavy atom. The van der Waals surface area contributed by atoms with Gasteiger partial charge in [-0.3, -0.25) is 9.78 Å². The fraction of sp³-hybridized carbons (Fsp3) is 0.167. The maximum Gasteiger partial charge on any atom is 0.225 e. The number of pyridine rings is 1. The molecule has 0 saturated heterocycles. The first kappa shape index (κ1) is 12.3. The maximum absolute atomic E-state index is 11.5. The molecule has 1 unspecified atom stereocenters. The second-order valence-electron chi connectivity index (χ2n) is 3.73. The van der Waals surface area contributed by atoms with Crippen molar-refractivity contribution in [1.29, 1.82) is 0 Å². The molecular weight excluding hydrogens is 300 g/mol. The average molecular weight is 311 g/mol. The van der Waals surface area contributed by atoms with Crippen molar-refractivity contribution < 1.29 is 4.79 Å². The van der Waals surface area contributed by atoms with Gasteiger partial charge in [0.1, 0.15) is 0 Å². The molecule has 0 radical (unpaired) electrons. The van der Waals surface area contributed by atoms with Crippen LogP contribution in [0.25, 0.3) is 0 Å². The lowest BCUT2D eigenvalue weighted by Crippen LogP contribution is -2.22. The Bertz CT molecular complexity index is 513. The van der Waals surface area contributed by atoms with Gasteiger partial charge in [-0.15, -0.1) is 0 Å². The van der Waals surface area contributed by atoms with Gasteiger partial charge in [0.15, 0.2) is 0 Å². The molecule has 2 aromatic heterocycles. The fourth-order valence-corrected chi connectivity index (χ4v) is 2.79. The van der Waals surface area contributed by atoms with E-state index in [-0.39, 0.29) is 11.8 Å². The molecule has 1 atom stereocenters. The standard InChI is InChI=1S/C12H11BrN2OS/c13-10-3-8(5-15-6-10)4-11(12(14)16)9-1-2-17-7-9/h1-3,5-7,11H,4H2,(H2,14,16). The summed E-state index contributed by atoms with van der Waals surface area (Å²) in [6, 6.07) is 3.89. The number of halogens is 1. The van der Waals surface area contributed by atoms with Gasteiger partial charge in [-0.25, -0.2) is 0 Å². The van der Waals surface area contributed by atoms with Crippen LogP contribution in [0.5, 0.6) is 0 Å². The third-order valence-electron chi connectivity index (χ3n) is 2.49. The predicted molar refractivity (Wildman–Crippen MR) is 71.9 cm³/mol. The molecule has 0 aromatic carbocycles. The zero-order chi connectivity index (χ0) is 12.3. The van der Waals surface area contributed by atoms with E-state index in [9.17, 15) is 4.79 Å². The van der Waals surface area contributed by atoms with Gasteiger partial charge in [0.25, 0.3) is 0 Å². The highest BCUT2D eigenvalue weighted by Gasteiger charge is 2.18. The highest BCUT2D eigenvalue weighted by Crippen LogP contribution is 2.23. The Morgan fingerprint density at radius 2 is 2.35 bits per heavy atom. The van der Waals surface area contributed by atoms with Crippen LogP contribution in [0.2, 0.25) is 0 Å². The number of primary amides is 1. The molecule has 0 bridgehead atoms. The van der Waals surface area contributed by atoms with Crippen LogP contribution in [0, 0.1) is 0 Å². The summed E-state index contributed by atoms with van der Waals surface area (Å²) in [5.74, 6) is -0.583. The summed E-state index contributed by atoms with van der Waals surface area (Å²) >= 11 is 4.93. The molecule has 2 aromatic rings. The molecule has 88 valence electrons. The maximum atomic E-state index is 11.5. The SMILES string of the molecule is NC(=O)C(Cc1cncc(Br)c1)c1ccsc1. The van der Waals surface area contributed by atoms with Crippen molar-refractivity contribution in [3.05, 3.63) is 50.9 Å². The normalized spacial score (nSPS) is 12.3. The van der Waals surface area contributed by atoms with Gasteiger partial charge < -0.3 is 5.73 Å². The van der Waals surface area contributed by atoms with Crippen LogP contribution in [0.3, 0.4) is 0 Å². The van der Waals surface area contributed by atoms with E-state index in [0.29, 0.717) is 6.42 Å². The van der Waals surface area contributed by atoms with Crippen molar-refractivity contribution in [2.45, 2.75) is 12.3 Å². The number of carbonyl (C=O) groups excluding carboxylic acids is 1. The Labute approximate surface area is 112 Å². The molecular formula is C12H11BrN2OS. The molecule has 0 aliphatic carbocycles. The van der Waals surface area contributed by atoms with Gasteiger partial charge in [0.2, 0.25) is 5.91 Å². The summed E-state index contributed by atoms with van der Waals surface area (Å²) in [5.41, 5.74) is 7.42. The number of hydrogen-bond acceptors (Lipinski definition) is 3. The van der Waals surface area contributed by atoms with Crippen LogP contribution in [0.1, 0.15) is 17.0 Å². The summed E-state index contributed by atoms with van der Waals surface area (Å²) in [6.45, 7) is 0. The van der Waals surface area contributed by atoms with E-state index in [2.05, 4.69) is 20.9 Å². The first-order chi connectivity index (χ1) is 8.16. The van der Waals surface area contributed by atoms with Gasteiger partial charge in [-0.1, -0.05) is 0 Å². The number of carbonyl (C=O) groups is 1. The number of rotatable bonds is 4. The molecule has 0 fully saturated rings.